The molecule has 2 N–H and O–H groups in total. The minimum absolute atomic E-state index is 0.0630. The maximum Gasteiger partial charge on any atom is 0.262 e. The molecular weight excluding hydrogens is 334 g/mol. The van der Waals surface area contributed by atoms with E-state index in [0.717, 1.165) is 30.8 Å². The number of aryl methyl sites for hydroxylation is 1. The van der Waals surface area contributed by atoms with Crippen LogP contribution in [0.3, 0.4) is 0 Å². The molecule has 8 nitrogen and oxygen atoms in total. The highest BCUT2D eigenvalue weighted by Gasteiger charge is 2.34. The number of amides is 1. The number of carbonyl (C=O) groups excluding carboxylic acids is 1. The molecule has 1 aromatic heterocycles. The van der Waals surface area contributed by atoms with Crippen molar-refractivity contribution in [1.82, 2.24) is 19.7 Å². The summed E-state index contributed by atoms with van der Waals surface area (Å²) in [6.07, 6.45) is 3.83. The summed E-state index contributed by atoms with van der Waals surface area (Å²) in [5.41, 5.74) is 0.993. The Morgan fingerprint density at radius 3 is 3.12 bits per heavy atom. The van der Waals surface area contributed by atoms with E-state index in [1.807, 2.05) is 29.8 Å². The second-order valence-corrected chi connectivity index (χ2v) is 7.24. The molecule has 2 aliphatic rings. The number of nitrogens with zero attached hydrogens (tertiary/aromatic N) is 4. The van der Waals surface area contributed by atoms with E-state index in [-0.39, 0.29) is 12.5 Å². The molecule has 0 aliphatic carbocycles. The molecule has 1 amide bonds. The van der Waals surface area contributed by atoms with Crippen LogP contribution < -0.4 is 10.1 Å². The summed E-state index contributed by atoms with van der Waals surface area (Å²) in [6.45, 7) is 2.29. The summed E-state index contributed by atoms with van der Waals surface area (Å²) in [5, 5.41) is 21.9. The first-order valence-corrected chi connectivity index (χ1v) is 8.84. The number of aromatic nitrogens is 3. The van der Waals surface area contributed by atoms with Crippen LogP contribution in [0, 0.1) is 0 Å². The summed E-state index contributed by atoms with van der Waals surface area (Å²) in [4.78, 5) is 13.7. The molecule has 4 rings (SSSR count). The highest BCUT2D eigenvalue weighted by Crippen LogP contribution is 2.30. The average Bonchev–Trinajstić information content (AvgIpc) is 2.99. The molecule has 0 radical (unpaired) electrons. The Bertz CT molecular complexity index is 821. The van der Waals surface area contributed by atoms with Gasteiger partial charge in [0.2, 0.25) is 0 Å². The van der Waals surface area contributed by atoms with Crippen molar-refractivity contribution >= 4 is 11.6 Å². The van der Waals surface area contributed by atoms with E-state index < -0.39 is 5.60 Å². The zero-order chi connectivity index (χ0) is 18.1. The van der Waals surface area contributed by atoms with Crippen LogP contribution in [0.4, 0.5) is 5.69 Å². The third kappa shape index (κ3) is 3.56. The number of aliphatic hydroxyl groups is 1. The summed E-state index contributed by atoms with van der Waals surface area (Å²) in [6, 6.07) is 5.84. The van der Waals surface area contributed by atoms with Gasteiger partial charge in [0.25, 0.3) is 5.91 Å². The lowest BCUT2D eigenvalue weighted by molar-refractivity contribution is -0.118. The lowest BCUT2D eigenvalue weighted by Crippen LogP contribution is -2.49. The number of ether oxygens (including phenoxy) is 1. The summed E-state index contributed by atoms with van der Waals surface area (Å²) >= 11 is 0. The van der Waals surface area contributed by atoms with Crippen molar-refractivity contribution in [3.05, 3.63) is 35.9 Å². The molecule has 26 heavy (non-hydrogen) atoms. The monoisotopic (exact) mass is 357 g/mol. The molecule has 0 saturated carbocycles. The number of hydrogen-bond acceptors (Lipinski definition) is 6. The lowest BCUT2D eigenvalue weighted by atomic mass is 9.89. The van der Waals surface area contributed by atoms with Gasteiger partial charge in [-0.05, 0) is 37.1 Å². The number of rotatable bonds is 4. The predicted molar refractivity (Wildman–Crippen MR) is 94.7 cm³/mol. The molecule has 2 aromatic rings. The fourth-order valence-corrected chi connectivity index (χ4v) is 3.73. The number of carbonyl (C=O) groups is 1. The Kier molecular flexibility index (Phi) is 4.37. The van der Waals surface area contributed by atoms with Gasteiger partial charge in [0, 0.05) is 26.6 Å². The van der Waals surface area contributed by atoms with E-state index >= 15 is 0 Å². The first-order chi connectivity index (χ1) is 12.5. The Hall–Kier alpha value is -2.45. The standard InChI is InChI=1S/C18H23N5O3/c1-22-12-19-21-16(22)8-18(25)5-2-6-23(11-18)9-13-3-4-15-14(7-13)20-17(24)10-26-15/h3-4,7,12,25H,2,5-6,8-11H2,1H3,(H,20,24). The first-order valence-electron chi connectivity index (χ1n) is 8.84. The van der Waals surface area contributed by atoms with Gasteiger partial charge in [-0.2, -0.15) is 0 Å². The largest absolute Gasteiger partial charge is 0.482 e. The van der Waals surface area contributed by atoms with Crippen molar-refractivity contribution in [1.29, 1.82) is 0 Å². The van der Waals surface area contributed by atoms with E-state index in [2.05, 4.69) is 20.4 Å². The molecule has 0 bridgehead atoms. The Morgan fingerprint density at radius 2 is 2.31 bits per heavy atom. The van der Waals surface area contributed by atoms with Gasteiger partial charge in [0.05, 0.1) is 11.3 Å². The third-order valence-electron chi connectivity index (χ3n) is 5.01. The maximum atomic E-state index is 11.5. The van der Waals surface area contributed by atoms with E-state index in [1.165, 1.54) is 0 Å². The number of anilines is 1. The van der Waals surface area contributed by atoms with Gasteiger partial charge >= 0.3 is 0 Å². The van der Waals surface area contributed by atoms with Crippen molar-refractivity contribution in [3.63, 3.8) is 0 Å². The van der Waals surface area contributed by atoms with Crippen LogP contribution in [-0.2, 0) is 24.8 Å². The van der Waals surface area contributed by atoms with Crippen LogP contribution in [0.25, 0.3) is 0 Å². The highest BCUT2D eigenvalue weighted by molar-refractivity contribution is 5.95. The van der Waals surface area contributed by atoms with Crippen LogP contribution in [0.5, 0.6) is 5.75 Å². The zero-order valence-electron chi connectivity index (χ0n) is 14.8. The smallest absolute Gasteiger partial charge is 0.262 e. The molecule has 1 atom stereocenters. The molecule has 8 heteroatoms. The summed E-state index contributed by atoms with van der Waals surface area (Å²) in [5.74, 6) is 1.36. The maximum absolute atomic E-state index is 11.5. The van der Waals surface area contributed by atoms with Crippen molar-refractivity contribution in [2.45, 2.75) is 31.4 Å². The second-order valence-electron chi connectivity index (χ2n) is 7.24. The molecule has 1 aromatic carbocycles. The number of fused-ring (bicyclic) bond motifs is 1. The van der Waals surface area contributed by atoms with Crippen molar-refractivity contribution in [3.8, 4) is 5.75 Å². The minimum atomic E-state index is -0.801. The minimum Gasteiger partial charge on any atom is -0.482 e. The molecule has 0 spiro atoms. The number of hydrogen-bond donors (Lipinski definition) is 2. The van der Waals surface area contributed by atoms with Crippen molar-refractivity contribution in [2.24, 2.45) is 7.05 Å². The SMILES string of the molecule is Cn1cnnc1CC1(O)CCCN(Cc2ccc3c(c2)NC(=O)CO3)C1. The number of piperidine rings is 1. The lowest BCUT2D eigenvalue weighted by Gasteiger charge is -2.39. The molecule has 1 fully saturated rings. The van der Waals surface area contributed by atoms with Gasteiger partial charge in [-0.25, -0.2) is 0 Å². The van der Waals surface area contributed by atoms with Gasteiger partial charge in [0.1, 0.15) is 17.9 Å². The molecule has 1 unspecified atom stereocenters. The van der Waals surface area contributed by atoms with E-state index in [4.69, 9.17) is 4.74 Å². The van der Waals surface area contributed by atoms with Crippen molar-refractivity contribution in [2.75, 3.05) is 25.0 Å². The zero-order valence-corrected chi connectivity index (χ0v) is 14.8. The van der Waals surface area contributed by atoms with Gasteiger partial charge in [-0.15, -0.1) is 10.2 Å². The number of nitrogens with one attached hydrogen (secondary N) is 1. The summed E-state index contributed by atoms with van der Waals surface area (Å²) < 4.78 is 7.25. The Balaban J connectivity index is 1.44. The van der Waals surface area contributed by atoms with Gasteiger partial charge < -0.3 is 19.7 Å². The molecule has 138 valence electrons. The topological polar surface area (TPSA) is 92.5 Å². The van der Waals surface area contributed by atoms with Gasteiger partial charge in [-0.3, -0.25) is 9.69 Å². The van der Waals surface area contributed by atoms with Gasteiger partial charge in [-0.1, -0.05) is 6.07 Å². The number of benzene rings is 1. The molecule has 3 heterocycles. The molecular formula is C18H23N5O3. The fraction of sp³-hybridized carbons (Fsp3) is 0.500. The Labute approximate surface area is 151 Å². The van der Waals surface area contributed by atoms with E-state index in [0.29, 0.717) is 30.9 Å². The highest BCUT2D eigenvalue weighted by atomic mass is 16.5. The molecule has 2 aliphatic heterocycles. The second kappa shape index (κ2) is 6.69. The van der Waals surface area contributed by atoms with Crippen molar-refractivity contribution < 1.29 is 14.6 Å². The summed E-state index contributed by atoms with van der Waals surface area (Å²) in [7, 11) is 1.89. The number of likely N-dealkylation sites (tertiary alicyclic amines) is 1. The fourth-order valence-electron chi connectivity index (χ4n) is 3.73. The van der Waals surface area contributed by atoms with Crippen LogP contribution in [-0.4, -0.2) is 56.0 Å². The van der Waals surface area contributed by atoms with E-state index in [1.54, 1.807) is 6.33 Å². The van der Waals surface area contributed by atoms with Crippen LogP contribution in [0.15, 0.2) is 24.5 Å². The average molecular weight is 357 g/mol. The van der Waals surface area contributed by atoms with Gasteiger partial charge in [0.15, 0.2) is 6.61 Å². The number of β-amino-alcohol motifs (C(OH)–C–C–N with tert-alkyl or cyclic N) is 1. The van der Waals surface area contributed by atoms with Crippen LogP contribution in [0.2, 0.25) is 0 Å². The first kappa shape index (κ1) is 17.0. The normalized spacial score (nSPS) is 23.2. The quantitative estimate of drug-likeness (QED) is 0.837. The van der Waals surface area contributed by atoms with Crippen LogP contribution in [0.1, 0.15) is 24.2 Å². The van der Waals surface area contributed by atoms with Crippen LogP contribution >= 0.6 is 0 Å². The predicted octanol–water partition coefficient (Wildman–Crippen LogP) is 0.716. The third-order valence-corrected chi connectivity index (χ3v) is 5.01. The molecule has 1 saturated heterocycles. The Morgan fingerprint density at radius 1 is 1.42 bits per heavy atom. The van der Waals surface area contributed by atoms with E-state index in [9.17, 15) is 9.90 Å².